The largest absolute Gasteiger partial charge is 0.361 e. The van der Waals surface area contributed by atoms with Crippen molar-refractivity contribution in [2.45, 2.75) is 53.5 Å². The van der Waals surface area contributed by atoms with Crippen molar-refractivity contribution in [3.8, 4) is 0 Å². The molecule has 0 saturated carbocycles. The van der Waals surface area contributed by atoms with E-state index >= 15 is 0 Å². The SMILES string of the molecule is CCc1noc(CC)c1CNC(=NC)NCCCN(CC)CC. The molecular weight excluding hydrogens is 290 g/mol. The molecule has 1 aromatic heterocycles. The molecule has 0 aliphatic carbocycles. The lowest BCUT2D eigenvalue weighted by Gasteiger charge is -2.18. The first-order valence-corrected chi connectivity index (χ1v) is 8.83. The van der Waals surface area contributed by atoms with Gasteiger partial charge in [0.05, 0.1) is 5.69 Å². The van der Waals surface area contributed by atoms with E-state index in [2.05, 4.69) is 53.4 Å². The number of nitrogens with zero attached hydrogens (tertiary/aromatic N) is 3. The van der Waals surface area contributed by atoms with Crippen molar-refractivity contribution >= 4 is 5.96 Å². The lowest BCUT2D eigenvalue weighted by molar-refractivity contribution is 0.300. The molecule has 1 heterocycles. The van der Waals surface area contributed by atoms with Crippen LogP contribution in [0.5, 0.6) is 0 Å². The number of hydrogen-bond donors (Lipinski definition) is 2. The predicted molar refractivity (Wildman–Crippen MR) is 95.9 cm³/mol. The number of rotatable bonds is 10. The number of hydrogen-bond acceptors (Lipinski definition) is 4. The standard InChI is InChI=1S/C17H33N5O/c1-6-15-14(16(7-2)23-21-15)13-20-17(18-5)19-11-10-12-22(8-3)9-4/h6-13H2,1-5H3,(H2,18,19,20). The van der Waals surface area contributed by atoms with Gasteiger partial charge in [-0.2, -0.15) is 0 Å². The molecule has 0 bridgehead atoms. The van der Waals surface area contributed by atoms with Crippen molar-refractivity contribution in [2.75, 3.05) is 33.2 Å². The highest BCUT2D eigenvalue weighted by Crippen LogP contribution is 2.15. The molecule has 1 aromatic rings. The van der Waals surface area contributed by atoms with E-state index in [9.17, 15) is 0 Å². The first-order valence-electron chi connectivity index (χ1n) is 8.83. The fourth-order valence-electron chi connectivity index (χ4n) is 2.58. The molecule has 0 aromatic carbocycles. The van der Waals surface area contributed by atoms with E-state index in [1.54, 1.807) is 7.05 Å². The van der Waals surface area contributed by atoms with Crippen LogP contribution in [0.2, 0.25) is 0 Å². The van der Waals surface area contributed by atoms with E-state index in [0.717, 1.165) is 62.9 Å². The summed E-state index contributed by atoms with van der Waals surface area (Å²) in [5, 5.41) is 10.9. The zero-order valence-corrected chi connectivity index (χ0v) is 15.4. The Labute approximate surface area is 140 Å². The molecule has 6 nitrogen and oxygen atoms in total. The van der Waals surface area contributed by atoms with E-state index in [-0.39, 0.29) is 0 Å². The minimum absolute atomic E-state index is 0.700. The molecule has 0 radical (unpaired) electrons. The number of aromatic nitrogens is 1. The van der Waals surface area contributed by atoms with E-state index in [0.29, 0.717) is 6.54 Å². The molecule has 6 heteroatoms. The van der Waals surface area contributed by atoms with Crippen molar-refractivity contribution in [1.29, 1.82) is 0 Å². The number of aryl methyl sites for hydroxylation is 2. The highest BCUT2D eigenvalue weighted by Gasteiger charge is 2.13. The Bertz CT molecular complexity index is 444. The predicted octanol–water partition coefficient (Wildman–Crippen LogP) is 2.20. The smallest absolute Gasteiger partial charge is 0.191 e. The van der Waals surface area contributed by atoms with Crippen LogP contribution in [0.15, 0.2) is 9.52 Å². The molecule has 0 amide bonds. The van der Waals surface area contributed by atoms with E-state index in [1.807, 2.05) is 0 Å². The van der Waals surface area contributed by atoms with Crippen LogP contribution in [-0.4, -0.2) is 49.2 Å². The Morgan fingerprint density at radius 1 is 1.13 bits per heavy atom. The van der Waals surface area contributed by atoms with E-state index in [1.165, 1.54) is 5.56 Å². The van der Waals surface area contributed by atoms with Crippen LogP contribution in [-0.2, 0) is 19.4 Å². The van der Waals surface area contributed by atoms with Gasteiger partial charge in [-0.15, -0.1) is 0 Å². The molecule has 0 aliphatic rings. The highest BCUT2D eigenvalue weighted by atomic mass is 16.5. The summed E-state index contributed by atoms with van der Waals surface area (Å²) in [6.45, 7) is 13.5. The van der Waals surface area contributed by atoms with Gasteiger partial charge in [0.25, 0.3) is 0 Å². The molecular formula is C17H33N5O. The second kappa shape index (κ2) is 11.0. The summed E-state index contributed by atoms with van der Waals surface area (Å²) in [7, 11) is 1.80. The lowest BCUT2D eigenvalue weighted by Crippen LogP contribution is -2.38. The van der Waals surface area contributed by atoms with Gasteiger partial charge in [0.2, 0.25) is 0 Å². The Balaban J connectivity index is 2.41. The molecule has 0 unspecified atom stereocenters. The fraction of sp³-hybridized carbons (Fsp3) is 0.765. The average molecular weight is 323 g/mol. The minimum atomic E-state index is 0.700. The van der Waals surface area contributed by atoms with Gasteiger partial charge in [0.1, 0.15) is 5.76 Å². The van der Waals surface area contributed by atoms with Gasteiger partial charge in [-0.05, 0) is 32.5 Å². The van der Waals surface area contributed by atoms with Crippen molar-refractivity contribution < 1.29 is 4.52 Å². The first-order chi connectivity index (χ1) is 11.2. The topological polar surface area (TPSA) is 65.7 Å². The van der Waals surface area contributed by atoms with Crippen molar-refractivity contribution in [1.82, 2.24) is 20.7 Å². The Morgan fingerprint density at radius 3 is 2.43 bits per heavy atom. The maximum atomic E-state index is 5.40. The van der Waals surface area contributed by atoms with Crippen LogP contribution < -0.4 is 10.6 Å². The summed E-state index contributed by atoms with van der Waals surface area (Å²) < 4.78 is 5.40. The van der Waals surface area contributed by atoms with Gasteiger partial charge < -0.3 is 20.1 Å². The van der Waals surface area contributed by atoms with Gasteiger partial charge >= 0.3 is 0 Å². The highest BCUT2D eigenvalue weighted by molar-refractivity contribution is 5.79. The summed E-state index contributed by atoms with van der Waals surface area (Å²) in [5.41, 5.74) is 2.20. The maximum absolute atomic E-state index is 5.40. The molecule has 0 saturated heterocycles. The third kappa shape index (κ3) is 6.22. The molecule has 0 fully saturated rings. The van der Waals surface area contributed by atoms with Gasteiger partial charge in [0, 0.05) is 32.1 Å². The summed E-state index contributed by atoms with van der Waals surface area (Å²) >= 11 is 0. The van der Waals surface area contributed by atoms with Gasteiger partial charge in [0.15, 0.2) is 5.96 Å². The third-order valence-electron chi connectivity index (χ3n) is 4.10. The van der Waals surface area contributed by atoms with Crippen LogP contribution in [0.3, 0.4) is 0 Å². The van der Waals surface area contributed by atoms with Crippen molar-refractivity contribution in [3.63, 3.8) is 0 Å². The van der Waals surface area contributed by atoms with Crippen molar-refractivity contribution in [3.05, 3.63) is 17.0 Å². The van der Waals surface area contributed by atoms with E-state index < -0.39 is 0 Å². The molecule has 132 valence electrons. The van der Waals surface area contributed by atoms with Gasteiger partial charge in [-0.3, -0.25) is 4.99 Å². The van der Waals surface area contributed by atoms with Crippen LogP contribution in [0, 0.1) is 0 Å². The molecule has 2 N–H and O–H groups in total. The zero-order chi connectivity index (χ0) is 17.1. The van der Waals surface area contributed by atoms with Crippen LogP contribution >= 0.6 is 0 Å². The second-order valence-electron chi connectivity index (χ2n) is 5.47. The first kappa shape index (κ1) is 19.5. The summed E-state index contributed by atoms with van der Waals surface area (Å²) in [6.07, 6.45) is 2.85. The zero-order valence-electron chi connectivity index (χ0n) is 15.4. The van der Waals surface area contributed by atoms with Crippen LogP contribution in [0.4, 0.5) is 0 Å². The van der Waals surface area contributed by atoms with E-state index in [4.69, 9.17) is 4.52 Å². The third-order valence-corrected chi connectivity index (χ3v) is 4.10. The molecule has 0 atom stereocenters. The molecule has 0 aliphatic heterocycles. The summed E-state index contributed by atoms with van der Waals surface area (Å²) in [5.74, 6) is 1.79. The number of guanidine groups is 1. The van der Waals surface area contributed by atoms with Crippen molar-refractivity contribution in [2.24, 2.45) is 4.99 Å². The Morgan fingerprint density at radius 2 is 1.87 bits per heavy atom. The monoisotopic (exact) mass is 323 g/mol. The molecule has 1 rings (SSSR count). The maximum Gasteiger partial charge on any atom is 0.191 e. The summed E-state index contributed by atoms with van der Waals surface area (Å²) in [4.78, 5) is 6.71. The fourth-order valence-corrected chi connectivity index (χ4v) is 2.58. The van der Waals surface area contributed by atoms with Gasteiger partial charge in [-0.25, -0.2) is 0 Å². The Hall–Kier alpha value is -1.56. The minimum Gasteiger partial charge on any atom is -0.361 e. The number of aliphatic imine (C=N–C) groups is 1. The van der Waals surface area contributed by atoms with Gasteiger partial charge in [-0.1, -0.05) is 32.9 Å². The molecule has 23 heavy (non-hydrogen) atoms. The van der Waals surface area contributed by atoms with Crippen LogP contribution in [0.25, 0.3) is 0 Å². The second-order valence-corrected chi connectivity index (χ2v) is 5.47. The van der Waals surface area contributed by atoms with Crippen LogP contribution in [0.1, 0.15) is 51.1 Å². The normalized spacial score (nSPS) is 12.0. The average Bonchev–Trinajstić information content (AvgIpc) is 2.99. The lowest BCUT2D eigenvalue weighted by atomic mass is 10.1. The number of nitrogens with one attached hydrogen (secondary N) is 2. The quantitative estimate of drug-likeness (QED) is 0.392. The molecule has 0 spiro atoms. The Kier molecular flexibility index (Phi) is 9.36. The summed E-state index contributed by atoms with van der Waals surface area (Å²) in [6, 6.07) is 0.